The Balaban J connectivity index is 3.18. The number of nitrogens with one attached hydrogen (secondary N) is 1. The molecule has 0 heterocycles. The van der Waals surface area contributed by atoms with Crippen LogP contribution in [0.1, 0.15) is 6.92 Å². The molecule has 0 unspecified atom stereocenters. The van der Waals surface area contributed by atoms with Gasteiger partial charge in [0.1, 0.15) is 5.69 Å². The van der Waals surface area contributed by atoms with E-state index >= 15 is 0 Å². The predicted molar refractivity (Wildman–Crippen MR) is 46.4 cm³/mol. The summed E-state index contributed by atoms with van der Waals surface area (Å²) in [6.07, 6.45) is -0.991. The Morgan fingerprint density at radius 2 is 1.31 bits per heavy atom. The van der Waals surface area contributed by atoms with Gasteiger partial charge >= 0.3 is 0 Å². The summed E-state index contributed by atoms with van der Waals surface area (Å²) in [7, 11) is 0. The van der Waals surface area contributed by atoms with Crippen molar-refractivity contribution < 1.29 is 27.1 Å². The fourth-order valence-corrected chi connectivity index (χ4v) is 1.01. The molecular formula is C9H8F5NO. The van der Waals surface area contributed by atoms with E-state index < -0.39 is 40.9 Å². The summed E-state index contributed by atoms with van der Waals surface area (Å²) in [5, 5.41) is 10.8. The van der Waals surface area contributed by atoms with Crippen molar-refractivity contribution in [2.45, 2.75) is 13.0 Å². The third-order valence-corrected chi connectivity index (χ3v) is 1.78. The Hall–Kier alpha value is -1.37. The summed E-state index contributed by atoms with van der Waals surface area (Å²) < 4.78 is 63.9. The van der Waals surface area contributed by atoms with E-state index in [-0.39, 0.29) is 6.54 Å². The highest BCUT2D eigenvalue weighted by molar-refractivity contribution is 5.47. The standard InChI is InChI=1S/C9H8F5NO/c1-3(16)2-15-9-7(13)5(11)4(10)6(12)8(9)14/h3,15-16H,2H2,1H3/t3-/m0/s1. The number of rotatable bonds is 3. The zero-order valence-electron chi connectivity index (χ0n) is 8.12. The minimum Gasteiger partial charge on any atom is -0.392 e. The summed E-state index contributed by atoms with van der Waals surface area (Å²) in [6, 6.07) is 0. The van der Waals surface area contributed by atoms with E-state index in [4.69, 9.17) is 5.11 Å². The Labute approximate surface area is 87.7 Å². The molecule has 0 saturated heterocycles. The van der Waals surface area contributed by atoms with Gasteiger partial charge in [0.05, 0.1) is 6.10 Å². The lowest BCUT2D eigenvalue weighted by Crippen LogP contribution is -2.18. The van der Waals surface area contributed by atoms with E-state index in [1.165, 1.54) is 6.92 Å². The first kappa shape index (κ1) is 12.7. The second kappa shape index (κ2) is 4.65. The quantitative estimate of drug-likeness (QED) is 0.483. The van der Waals surface area contributed by atoms with E-state index in [1.54, 1.807) is 0 Å². The fraction of sp³-hybridized carbons (Fsp3) is 0.333. The number of anilines is 1. The molecule has 1 atom stereocenters. The molecular weight excluding hydrogens is 233 g/mol. The van der Waals surface area contributed by atoms with Crippen molar-refractivity contribution >= 4 is 5.69 Å². The third kappa shape index (κ3) is 2.24. The first-order chi connectivity index (χ1) is 7.36. The van der Waals surface area contributed by atoms with Crippen molar-refractivity contribution in [2.75, 3.05) is 11.9 Å². The lowest BCUT2D eigenvalue weighted by atomic mass is 10.2. The van der Waals surface area contributed by atoms with Crippen LogP contribution in [0.5, 0.6) is 0 Å². The van der Waals surface area contributed by atoms with Crippen LogP contribution in [0.3, 0.4) is 0 Å². The molecule has 1 rings (SSSR count). The molecule has 0 saturated carbocycles. The van der Waals surface area contributed by atoms with E-state index in [1.807, 2.05) is 5.32 Å². The van der Waals surface area contributed by atoms with Crippen LogP contribution in [0.25, 0.3) is 0 Å². The molecule has 0 aliphatic heterocycles. The maximum Gasteiger partial charge on any atom is 0.200 e. The van der Waals surface area contributed by atoms with E-state index in [2.05, 4.69) is 0 Å². The molecule has 1 aromatic rings. The van der Waals surface area contributed by atoms with Gasteiger partial charge in [0.25, 0.3) is 0 Å². The van der Waals surface area contributed by atoms with Crippen LogP contribution < -0.4 is 5.32 Å². The van der Waals surface area contributed by atoms with Crippen molar-refractivity contribution in [3.63, 3.8) is 0 Å². The van der Waals surface area contributed by atoms with Gasteiger partial charge in [0.2, 0.25) is 5.82 Å². The van der Waals surface area contributed by atoms with Crippen LogP contribution in [0, 0.1) is 29.1 Å². The molecule has 2 N–H and O–H groups in total. The molecule has 7 heteroatoms. The number of aliphatic hydroxyl groups is 1. The molecule has 0 aliphatic rings. The first-order valence-electron chi connectivity index (χ1n) is 4.29. The topological polar surface area (TPSA) is 32.3 Å². The van der Waals surface area contributed by atoms with Crippen molar-refractivity contribution in [1.82, 2.24) is 0 Å². The van der Waals surface area contributed by atoms with Gasteiger partial charge in [-0.2, -0.15) is 0 Å². The average molecular weight is 241 g/mol. The monoisotopic (exact) mass is 241 g/mol. The average Bonchev–Trinajstić information content (AvgIpc) is 2.23. The number of halogens is 5. The van der Waals surface area contributed by atoms with Gasteiger partial charge in [-0.05, 0) is 6.92 Å². The normalized spacial score (nSPS) is 12.7. The maximum atomic E-state index is 13.0. The number of aliphatic hydroxyl groups excluding tert-OH is 1. The zero-order valence-corrected chi connectivity index (χ0v) is 8.12. The number of hydrogen-bond acceptors (Lipinski definition) is 2. The second-order valence-electron chi connectivity index (χ2n) is 3.17. The number of benzene rings is 1. The maximum absolute atomic E-state index is 13.0. The lowest BCUT2D eigenvalue weighted by Gasteiger charge is -2.11. The van der Waals surface area contributed by atoms with Crippen LogP contribution in [-0.2, 0) is 0 Å². The van der Waals surface area contributed by atoms with Gasteiger partial charge in [-0.25, -0.2) is 22.0 Å². The smallest absolute Gasteiger partial charge is 0.200 e. The molecule has 0 aromatic heterocycles. The molecule has 0 fully saturated rings. The van der Waals surface area contributed by atoms with E-state index in [0.717, 1.165) is 0 Å². The molecule has 2 nitrogen and oxygen atoms in total. The Morgan fingerprint density at radius 3 is 1.69 bits per heavy atom. The molecule has 1 aromatic carbocycles. The van der Waals surface area contributed by atoms with Crippen LogP contribution in [0.2, 0.25) is 0 Å². The lowest BCUT2D eigenvalue weighted by molar-refractivity contribution is 0.208. The van der Waals surface area contributed by atoms with Gasteiger partial charge < -0.3 is 10.4 Å². The Bertz CT molecular complexity index is 378. The summed E-state index contributed by atoms with van der Waals surface area (Å²) in [4.78, 5) is 0. The molecule has 0 radical (unpaired) electrons. The minimum absolute atomic E-state index is 0.335. The first-order valence-corrected chi connectivity index (χ1v) is 4.29. The SMILES string of the molecule is C[C@H](O)CNc1c(F)c(F)c(F)c(F)c1F. The van der Waals surface area contributed by atoms with Crippen LogP contribution >= 0.6 is 0 Å². The summed E-state index contributed by atoms with van der Waals surface area (Å²) >= 11 is 0. The molecule has 0 amide bonds. The van der Waals surface area contributed by atoms with Crippen molar-refractivity contribution in [2.24, 2.45) is 0 Å². The molecule has 0 aliphatic carbocycles. The summed E-state index contributed by atoms with van der Waals surface area (Å²) in [5.74, 6) is -10.1. The summed E-state index contributed by atoms with van der Waals surface area (Å²) in [5.41, 5.74) is -1.14. The fourth-order valence-electron chi connectivity index (χ4n) is 1.01. The van der Waals surface area contributed by atoms with Crippen LogP contribution in [-0.4, -0.2) is 17.8 Å². The van der Waals surface area contributed by atoms with Gasteiger partial charge in [-0.3, -0.25) is 0 Å². The number of hydrogen-bond donors (Lipinski definition) is 2. The highest BCUT2D eigenvalue weighted by Crippen LogP contribution is 2.26. The second-order valence-corrected chi connectivity index (χ2v) is 3.17. The minimum atomic E-state index is -2.21. The van der Waals surface area contributed by atoms with Crippen molar-refractivity contribution in [3.05, 3.63) is 29.1 Å². The van der Waals surface area contributed by atoms with Gasteiger partial charge in [-0.1, -0.05) is 0 Å². The van der Waals surface area contributed by atoms with Gasteiger partial charge in [0.15, 0.2) is 23.3 Å². The zero-order chi connectivity index (χ0) is 12.5. The highest BCUT2D eigenvalue weighted by Gasteiger charge is 2.25. The van der Waals surface area contributed by atoms with Crippen LogP contribution in [0.15, 0.2) is 0 Å². The predicted octanol–water partition coefficient (Wildman–Crippen LogP) is 2.17. The molecule has 16 heavy (non-hydrogen) atoms. The van der Waals surface area contributed by atoms with Gasteiger partial charge in [0, 0.05) is 6.54 Å². The van der Waals surface area contributed by atoms with Crippen molar-refractivity contribution in [1.29, 1.82) is 0 Å². The molecule has 0 bridgehead atoms. The molecule has 0 spiro atoms. The van der Waals surface area contributed by atoms with Crippen molar-refractivity contribution in [3.8, 4) is 0 Å². The van der Waals surface area contributed by atoms with E-state index in [0.29, 0.717) is 0 Å². The van der Waals surface area contributed by atoms with E-state index in [9.17, 15) is 22.0 Å². The van der Waals surface area contributed by atoms with Crippen LogP contribution in [0.4, 0.5) is 27.6 Å². The van der Waals surface area contributed by atoms with Gasteiger partial charge in [-0.15, -0.1) is 0 Å². The Kier molecular flexibility index (Phi) is 3.69. The molecule has 90 valence electrons. The highest BCUT2D eigenvalue weighted by atomic mass is 19.2. The summed E-state index contributed by atoms with van der Waals surface area (Å²) in [6.45, 7) is 0.956. The Morgan fingerprint density at radius 1 is 0.938 bits per heavy atom. The largest absolute Gasteiger partial charge is 0.392 e. The third-order valence-electron chi connectivity index (χ3n) is 1.78.